The number of aromatic hydroxyl groups is 2. The van der Waals surface area contributed by atoms with Crippen LogP contribution >= 0.6 is 11.6 Å². The summed E-state index contributed by atoms with van der Waals surface area (Å²) in [5, 5.41) is 21.4. The summed E-state index contributed by atoms with van der Waals surface area (Å²) < 4.78 is 0. The van der Waals surface area contributed by atoms with Gasteiger partial charge in [-0.3, -0.25) is 4.79 Å². The van der Waals surface area contributed by atoms with Gasteiger partial charge in [0, 0.05) is 6.20 Å². The first-order chi connectivity index (χ1) is 8.58. The summed E-state index contributed by atoms with van der Waals surface area (Å²) in [6.07, 6.45) is 1.49. The summed E-state index contributed by atoms with van der Waals surface area (Å²) in [5.74, 6) is -0.932. The smallest absolute Gasteiger partial charge is 0.259 e. The number of pyridine rings is 1. The van der Waals surface area contributed by atoms with E-state index in [2.05, 4.69) is 10.3 Å². The van der Waals surface area contributed by atoms with Gasteiger partial charge in [0.1, 0.15) is 11.5 Å². The quantitative estimate of drug-likeness (QED) is 0.575. The van der Waals surface area contributed by atoms with Crippen molar-refractivity contribution in [3.8, 4) is 11.5 Å². The maximum atomic E-state index is 11.9. The fraction of sp³-hybridized carbons (Fsp3) is 0. The molecule has 1 heterocycles. The number of carbonyl (C=O) groups excluding carboxylic acids is 1. The third-order valence-corrected chi connectivity index (χ3v) is 2.53. The largest absolute Gasteiger partial charge is 0.508 e. The Morgan fingerprint density at radius 1 is 1.28 bits per heavy atom. The first-order valence-corrected chi connectivity index (χ1v) is 5.39. The van der Waals surface area contributed by atoms with Gasteiger partial charge in [0.25, 0.3) is 5.91 Å². The zero-order valence-electron chi connectivity index (χ0n) is 9.09. The number of hydrogen-bond acceptors (Lipinski definition) is 4. The van der Waals surface area contributed by atoms with E-state index in [0.29, 0.717) is 5.69 Å². The molecule has 92 valence electrons. The minimum Gasteiger partial charge on any atom is -0.508 e. The lowest BCUT2D eigenvalue weighted by molar-refractivity contribution is 0.102. The number of phenolic OH excluding ortho intramolecular Hbond substituents is 2. The van der Waals surface area contributed by atoms with Gasteiger partial charge in [-0.25, -0.2) is 4.98 Å². The normalized spacial score (nSPS) is 10.1. The van der Waals surface area contributed by atoms with Crippen LogP contribution in [0.2, 0.25) is 5.15 Å². The molecule has 0 aliphatic carbocycles. The molecular weight excluding hydrogens is 256 g/mol. The standard InChI is InChI=1S/C12H9ClN2O3/c13-11-9(2-1-5-14-11)15-12(18)8-6-7(16)3-4-10(8)17/h1-6,16-17H,(H,15,18). The Balaban J connectivity index is 2.28. The molecule has 0 aliphatic heterocycles. The van der Waals surface area contributed by atoms with Crippen LogP contribution < -0.4 is 5.32 Å². The molecule has 1 amide bonds. The van der Waals surface area contributed by atoms with Crippen LogP contribution in [-0.2, 0) is 0 Å². The average Bonchev–Trinajstić information content (AvgIpc) is 2.35. The molecule has 1 aromatic heterocycles. The van der Waals surface area contributed by atoms with Crippen LogP contribution in [0.15, 0.2) is 36.5 Å². The number of phenols is 2. The van der Waals surface area contributed by atoms with E-state index in [1.165, 1.54) is 18.3 Å². The highest BCUT2D eigenvalue weighted by molar-refractivity contribution is 6.32. The van der Waals surface area contributed by atoms with Crippen molar-refractivity contribution in [2.45, 2.75) is 0 Å². The van der Waals surface area contributed by atoms with E-state index in [-0.39, 0.29) is 22.2 Å². The van der Waals surface area contributed by atoms with E-state index in [1.807, 2.05) is 0 Å². The molecule has 0 fully saturated rings. The fourth-order valence-corrected chi connectivity index (χ4v) is 1.54. The molecular formula is C12H9ClN2O3. The van der Waals surface area contributed by atoms with E-state index >= 15 is 0 Å². The van der Waals surface area contributed by atoms with Crippen LogP contribution in [-0.4, -0.2) is 21.1 Å². The van der Waals surface area contributed by atoms with Crippen LogP contribution in [0.1, 0.15) is 10.4 Å². The maximum Gasteiger partial charge on any atom is 0.259 e. The lowest BCUT2D eigenvalue weighted by Gasteiger charge is -2.07. The van der Waals surface area contributed by atoms with Crippen molar-refractivity contribution in [2.75, 3.05) is 5.32 Å². The van der Waals surface area contributed by atoms with E-state index < -0.39 is 5.91 Å². The molecule has 0 atom stereocenters. The number of hydrogen-bond donors (Lipinski definition) is 3. The Hall–Kier alpha value is -2.27. The number of anilines is 1. The Bertz CT molecular complexity index is 602. The van der Waals surface area contributed by atoms with Gasteiger partial charge in [-0.1, -0.05) is 11.6 Å². The average molecular weight is 265 g/mol. The van der Waals surface area contributed by atoms with Gasteiger partial charge < -0.3 is 15.5 Å². The molecule has 0 saturated carbocycles. The Morgan fingerprint density at radius 3 is 2.78 bits per heavy atom. The number of rotatable bonds is 2. The Morgan fingerprint density at radius 2 is 2.06 bits per heavy atom. The van der Waals surface area contributed by atoms with E-state index in [4.69, 9.17) is 11.6 Å². The third-order valence-electron chi connectivity index (χ3n) is 2.23. The van der Waals surface area contributed by atoms with Gasteiger partial charge in [0.05, 0.1) is 11.3 Å². The zero-order valence-corrected chi connectivity index (χ0v) is 9.85. The van der Waals surface area contributed by atoms with Crippen LogP contribution in [0.4, 0.5) is 5.69 Å². The third kappa shape index (κ3) is 2.52. The molecule has 0 saturated heterocycles. The van der Waals surface area contributed by atoms with Gasteiger partial charge in [-0.05, 0) is 30.3 Å². The molecule has 18 heavy (non-hydrogen) atoms. The summed E-state index contributed by atoms with van der Waals surface area (Å²) in [6.45, 7) is 0. The number of amides is 1. The minimum atomic E-state index is -0.585. The van der Waals surface area contributed by atoms with Gasteiger partial charge in [-0.15, -0.1) is 0 Å². The fourth-order valence-electron chi connectivity index (χ4n) is 1.37. The van der Waals surface area contributed by atoms with Gasteiger partial charge >= 0.3 is 0 Å². The molecule has 6 heteroatoms. The lowest BCUT2D eigenvalue weighted by atomic mass is 10.1. The molecule has 2 rings (SSSR count). The molecule has 0 bridgehead atoms. The summed E-state index contributed by atoms with van der Waals surface area (Å²) >= 11 is 5.79. The van der Waals surface area contributed by atoms with Crippen LogP contribution in [0, 0.1) is 0 Å². The summed E-state index contributed by atoms with van der Waals surface area (Å²) in [6, 6.07) is 6.87. The van der Waals surface area contributed by atoms with Crippen molar-refractivity contribution in [3.05, 3.63) is 47.2 Å². The number of nitrogens with zero attached hydrogens (tertiary/aromatic N) is 1. The molecule has 0 spiro atoms. The molecule has 5 nitrogen and oxygen atoms in total. The zero-order chi connectivity index (χ0) is 13.1. The van der Waals surface area contributed by atoms with Crippen molar-refractivity contribution >= 4 is 23.2 Å². The van der Waals surface area contributed by atoms with Gasteiger partial charge in [0.2, 0.25) is 0 Å². The monoisotopic (exact) mass is 264 g/mol. The van der Waals surface area contributed by atoms with Crippen molar-refractivity contribution in [1.82, 2.24) is 4.98 Å². The second-order valence-electron chi connectivity index (χ2n) is 3.50. The van der Waals surface area contributed by atoms with Crippen molar-refractivity contribution in [3.63, 3.8) is 0 Å². The minimum absolute atomic E-state index is 0.0464. The predicted molar refractivity (Wildman–Crippen MR) is 67.0 cm³/mol. The second-order valence-corrected chi connectivity index (χ2v) is 3.86. The predicted octanol–water partition coefficient (Wildman–Crippen LogP) is 2.40. The van der Waals surface area contributed by atoms with Crippen LogP contribution in [0.25, 0.3) is 0 Å². The van der Waals surface area contributed by atoms with Crippen molar-refractivity contribution < 1.29 is 15.0 Å². The number of carbonyl (C=O) groups is 1. The number of halogens is 1. The molecule has 0 aliphatic rings. The molecule has 0 unspecified atom stereocenters. The summed E-state index contributed by atoms with van der Waals surface area (Å²) in [7, 11) is 0. The second kappa shape index (κ2) is 4.93. The highest BCUT2D eigenvalue weighted by Gasteiger charge is 2.13. The first-order valence-electron chi connectivity index (χ1n) is 5.02. The van der Waals surface area contributed by atoms with Crippen molar-refractivity contribution in [2.24, 2.45) is 0 Å². The SMILES string of the molecule is O=C(Nc1cccnc1Cl)c1cc(O)ccc1O. The molecule has 1 aromatic carbocycles. The van der Waals surface area contributed by atoms with E-state index in [0.717, 1.165) is 6.07 Å². The van der Waals surface area contributed by atoms with Gasteiger partial charge in [-0.2, -0.15) is 0 Å². The maximum absolute atomic E-state index is 11.9. The number of nitrogens with one attached hydrogen (secondary N) is 1. The van der Waals surface area contributed by atoms with Gasteiger partial charge in [0.15, 0.2) is 5.15 Å². The number of aromatic nitrogens is 1. The highest BCUT2D eigenvalue weighted by atomic mass is 35.5. The molecule has 3 N–H and O–H groups in total. The number of benzene rings is 1. The van der Waals surface area contributed by atoms with Crippen LogP contribution in [0.3, 0.4) is 0 Å². The summed E-state index contributed by atoms with van der Waals surface area (Å²) in [4.78, 5) is 15.7. The Kier molecular flexibility index (Phi) is 3.34. The lowest BCUT2D eigenvalue weighted by Crippen LogP contribution is -2.12. The molecule has 2 aromatic rings. The van der Waals surface area contributed by atoms with Crippen molar-refractivity contribution in [1.29, 1.82) is 0 Å². The Labute approximate surface area is 108 Å². The van der Waals surface area contributed by atoms with Crippen LogP contribution in [0.5, 0.6) is 11.5 Å². The topological polar surface area (TPSA) is 82.5 Å². The van der Waals surface area contributed by atoms with E-state index in [9.17, 15) is 15.0 Å². The van der Waals surface area contributed by atoms with E-state index in [1.54, 1.807) is 12.1 Å². The molecule has 0 radical (unpaired) electrons. The summed E-state index contributed by atoms with van der Waals surface area (Å²) in [5.41, 5.74) is 0.279. The first kappa shape index (κ1) is 12.2. The highest BCUT2D eigenvalue weighted by Crippen LogP contribution is 2.24.